The molecule has 202 valence electrons. The first-order valence-corrected chi connectivity index (χ1v) is 12.2. The molecule has 3 aliphatic rings. The number of nitrogens with two attached hydrogens (primary N) is 1. The molecule has 0 heterocycles. The number of rotatable bonds is 7. The summed E-state index contributed by atoms with van der Waals surface area (Å²) in [5.74, 6) is -7.43. The number of ether oxygens (including phenoxy) is 1. The molecule has 1 aromatic carbocycles. The Morgan fingerprint density at radius 3 is 2.55 bits per heavy atom. The summed E-state index contributed by atoms with van der Waals surface area (Å²) in [6, 6.07) is 2.85. The van der Waals surface area contributed by atoms with Crippen LogP contribution in [-0.2, 0) is 30.3 Å². The summed E-state index contributed by atoms with van der Waals surface area (Å²) < 4.78 is 5.19. The Kier molecular flexibility index (Phi) is 7.18. The van der Waals surface area contributed by atoms with Crippen LogP contribution >= 0.6 is 0 Å². The van der Waals surface area contributed by atoms with E-state index in [9.17, 15) is 39.6 Å². The molecule has 11 nitrogen and oxygen atoms in total. The van der Waals surface area contributed by atoms with Gasteiger partial charge in [-0.3, -0.25) is 14.4 Å². The van der Waals surface area contributed by atoms with Crippen LogP contribution in [0.4, 0.5) is 0 Å². The van der Waals surface area contributed by atoms with Gasteiger partial charge in [0.05, 0.1) is 12.2 Å². The van der Waals surface area contributed by atoms with E-state index in [2.05, 4.69) is 0 Å². The summed E-state index contributed by atoms with van der Waals surface area (Å²) in [7, 11) is 3.82. The van der Waals surface area contributed by atoms with Crippen molar-refractivity contribution < 1.29 is 44.3 Å². The zero-order chi connectivity index (χ0) is 27.9. The summed E-state index contributed by atoms with van der Waals surface area (Å²) in [6.45, 7) is 1.00. The van der Waals surface area contributed by atoms with Crippen LogP contribution in [-0.4, -0.2) is 81.6 Å². The number of ketones is 2. The number of Topliss-reactive ketones (excluding diaryl/α,β-unsaturated/α-hetero) is 2. The first-order valence-electron chi connectivity index (χ1n) is 12.2. The quantitative estimate of drug-likeness (QED) is 0.148. The van der Waals surface area contributed by atoms with Crippen molar-refractivity contribution in [2.45, 2.75) is 31.3 Å². The van der Waals surface area contributed by atoms with Crippen molar-refractivity contribution in [2.75, 3.05) is 27.2 Å². The average Bonchev–Trinajstić information content (AvgIpc) is 2.83. The topological polar surface area (TPSA) is 188 Å². The highest BCUT2D eigenvalue weighted by Crippen LogP contribution is 2.52. The molecule has 0 spiro atoms. The lowest BCUT2D eigenvalue weighted by Gasteiger charge is -2.46. The summed E-state index contributed by atoms with van der Waals surface area (Å²) >= 11 is 0. The van der Waals surface area contributed by atoms with Crippen molar-refractivity contribution >= 4 is 35.3 Å². The highest BCUT2D eigenvalue weighted by Gasteiger charge is 2.60. The minimum atomic E-state index is -2.61. The maximum atomic E-state index is 13.5. The zero-order valence-corrected chi connectivity index (χ0v) is 21.1. The maximum absolute atomic E-state index is 13.5. The molecule has 0 aromatic heterocycles. The third kappa shape index (κ3) is 4.48. The number of carbonyl (C=O) groups is 4. The van der Waals surface area contributed by atoms with Crippen LogP contribution in [0.5, 0.6) is 5.75 Å². The number of hydrogen-bond acceptors (Lipinski definition) is 10. The van der Waals surface area contributed by atoms with Crippen LogP contribution in [0.3, 0.4) is 0 Å². The predicted octanol–water partition coefficient (Wildman–Crippen LogP) is 0.932. The second-order valence-corrected chi connectivity index (χ2v) is 10.1. The molecule has 3 unspecified atom stereocenters. The van der Waals surface area contributed by atoms with E-state index < -0.39 is 64.4 Å². The van der Waals surface area contributed by atoms with Gasteiger partial charge in [0.15, 0.2) is 11.4 Å². The van der Waals surface area contributed by atoms with E-state index in [-0.39, 0.29) is 36.3 Å². The van der Waals surface area contributed by atoms with Crippen LogP contribution in [0, 0.1) is 11.8 Å². The number of aliphatic hydroxyl groups is 3. The van der Waals surface area contributed by atoms with E-state index in [0.29, 0.717) is 17.5 Å². The lowest BCUT2D eigenvalue weighted by molar-refractivity contribution is -0.147. The lowest BCUT2D eigenvalue weighted by Crippen LogP contribution is -2.58. The van der Waals surface area contributed by atoms with Gasteiger partial charge in [0.25, 0.3) is 5.91 Å². The van der Waals surface area contributed by atoms with E-state index in [1.165, 1.54) is 18.2 Å². The van der Waals surface area contributed by atoms with Crippen molar-refractivity contribution in [2.24, 2.45) is 17.6 Å². The number of primary amides is 1. The molecule has 4 rings (SSSR count). The second kappa shape index (κ2) is 10.1. The summed E-state index contributed by atoms with van der Waals surface area (Å²) in [5, 5.41) is 43.5. The summed E-state index contributed by atoms with van der Waals surface area (Å²) in [5.41, 5.74) is 2.44. The predicted molar refractivity (Wildman–Crippen MR) is 135 cm³/mol. The number of nitrogens with zero attached hydrogens (tertiary/aromatic N) is 1. The molecule has 0 bridgehead atoms. The van der Waals surface area contributed by atoms with E-state index in [0.717, 1.165) is 6.54 Å². The summed E-state index contributed by atoms with van der Waals surface area (Å²) in [6.07, 6.45) is 3.16. The minimum absolute atomic E-state index is 0.0235. The zero-order valence-electron chi connectivity index (χ0n) is 21.1. The van der Waals surface area contributed by atoms with Gasteiger partial charge >= 0.3 is 5.97 Å². The monoisotopic (exact) mass is 526 g/mol. The first kappa shape index (κ1) is 27.1. The SMILES string of the molecule is CN(C)CCCOC(=O)C=Cc1ccc(O)c2c1CC1CC3CC(=O)C(C(N)=O)=C(O)C3(O)C(=O)C1=C2O. The molecule has 0 saturated heterocycles. The van der Waals surface area contributed by atoms with Crippen molar-refractivity contribution in [1.82, 2.24) is 4.90 Å². The number of esters is 1. The molecule has 3 atom stereocenters. The third-order valence-electron chi connectivity index (χ3n) is 7.38. The Balaban J connectivity index is 1.69. The van der Waals surface area contributed by atoms with E-state index in [1.807, 2.05) is 19.0 Å². The number of aliphatic hydroxyl groups excluding tert-OH is 2. The lowest BCUT2D eigenvalue weighted by atomic mass is 9.59. The van der Waals surface area contributed by atoms with Crippen LogP contribution < -0.4 is 5.73 Å². The molecule has 3 aliphatic carbocycles. The molecule has 6 N–H and O–H groups in total. The van der Waals surface area contributed by atoms with Gasteiger partial charge in [-0.15, -0.1) is 0 Å². The minimum Gasteiger partial charge on any atom is -0.508 e. The molecule has 1 amide bonds. The fourth-order valence-electron chi connectivity index (χ4n) is 5.56. The van der Waals surface area contributed by atoms with Gasteiger partial charge in [-0.2, -0.15) is 0 Å². The van der Waals surface area contributed by atoms with Crippen molar-refractivity contribution in [1.29, 1.82) is 0 Å². The highest BCUT2D eigenvalue weighted by molar-refractivity contribution is 6.22. The number of carbonyl (C=O) groups excluding carboxylic acids is 4. The maximum Gasteiger partial charge on any atom is 0.330 e. The van der Waals surface area contributed by atoms with E-state index in [1.54, 1.807) is 6.07 Å². The number of fused-ring (bicyclic) bond motifs is 3. The Morgan fingerprint density at radius 2 is 1.89 bits per heavy atom. The number of benzene rings is 1. The summed E-state index contributed by atoms with van der Waals surface area (Å²) in [4.78, 5) is 51.8. The molecular weight excluding hydrogens is 496 g/mol. The van der Waals surface area contributed by atoms with Gasteiger partial charge in [-0.05, 0) is 62.5 Å². The molecule has 1 fully saturated rings. The molecule has 0 aliphatic heterocycles. The van der Waals surface area contributed by atoms with Gasteiger partial charge in [0.2, 0.25) is 5.78 Å². The third-order valence-corrected chi connectivity index (χ3v) is 7.38. The number of phenols is 1. The fourth-order valence-corrected chi connectivity index (χ4v) is 5.56. The Bertz CT molecular complexity index is 1320. The van der Waals surface area contributed by atoms with Gasteiger partial charge in [-0.1, -0.05) is 6.07 Å². The number of aromatic hydroxyl groups is 1. The smallest absolute Gasteiger partial charge is 0.330 e. The average molecular weight is 527 g/mol. The van der Waals surface area contributed by atoms with Gasteiger partial charge in [0.1, 0.15) is 22.8 Å². The first-order chi connectivity index (χ1) is 17.9. The van der Waals surface area contributed by atoms with Gasteiger partial charge in [0, 0.05) is 30.5 Å². The van der Waals surface area contributed by atoms with Crippen LogP contribution in [0.2, 0.25) is 0 Å². The largest absolute Gasteiger partial charge is 0.508 e. The Hall–Kier alpha value is -3.96. The number of hydrogen-bond donors (Lipinski definition) is 5. The Morgan fingerprint density at radius 1 is 1.18 bits per heavy atom. The number of phenolic OH excluding ortho intramolecular Hbond substituents is 1. The molecule has 1 aromatic rings. The van der Waals surface area contributed by atoms with Gasteiger partial charge in [-0.25, -0.2) is 4.79 Å². The van der Waals surface area contributed by atoms with Crippen molar-refractivity contribution in [3.8, 4) is 5.75 Å². The van der Waals surface area contributed by atoms with E-state index in [4.69, 9.17) is 10.5 Å². The Labute approximate surface area is 218 Å². The van der Waals surface area contributed by atoms with Gasteiger partial charge < -0.3 is 35.8 Å². The van der Waals surface area contributed by atoms with Crippen LogP contribution in [0.1, 0.15) is 36.0 Å². The normalized spacial score (nSPS) is 24.9. The van der Waals surface area contributed by atoms with Crippen molar-refractivity contribution in [3.05, 3.63) is 51.8 Å². The molecule has 1 saturated carbocycles. The van der Waals surface area contributed by atoms with Crippen LogP contribution in [0.25, 0.3) is 11.8 Å². The molecule has 0 radical (unpaired) electrons. The standard InChI is InChI=1S/C27H30N2O9/c1-29(2)8-3-9-38-19(32)7-5-13-4-6-17(30)21-16(13)11-14-10-15-12-18(31)22(26(28)36)25(35)27(15,37)24(34)20(14)23(21)33/h4-7,14-15,30,33,35,37H,3,8-12H2,1-2H3,(H2,28,36). The second-order valence-electron chi connectivity index (χ2n) is 10.1. The van der Waals surface area contributed by atoms with Crippen molar-refractivity contribution in [3.63, 3.8) is 0 Å². The molecule has 11 heteroatoms. The molecule has 38 heavy (non-hydrogen) atoms. The fraction of sp³-hybridized carbons (Fsp3) is 0.407. The highest BCUT2D eigenvalue weighted by atomic mass is 16.5. The molecular formula is C27H30N2O9. The van der Waals surface area contributed by atoms with Crippen LogP contribution in [0.15, 0.2) is 35.1 Å². The number of amides is 1. The van der Waals surface area contributed by atoms with E-state index >= 15 is 0 Å².